The Hall–Kier alpha value is -3.30. The lowest BCUT2D eigenvalue weighted by atomic mass is 10.0. The van der Waals surface area contributed by atoms with Crippen LogP contribution in [0, 0.1) is 5.95 Å². The zero-order valence-electron chi connectivity index (χ0n) is 19.6. The number of hydrogen-bond donors (Lipinski definition) is 0. The van der Waals surface area contributed by atoms with Crippen molar-refractivity contribution in [3.63, 3.8) is 0 Å². The fourth-order valence-electron chi connectivity index (χ4n) is 4.53. The van der Waals surface area contributed by atoms with Crippen LogP contribution in [-0.2, 0) is 11.8 Å². The van der Waals surface area contributed by atoms with Gasteiger partial charge >= 0.3 is 5.69 Å². The van der Waals surface area contributed by atoms with Gasteiger partial charge in [0.25, 0.3) is 0 Å². The number of hydrogen-bond acceptors (Lipinski definition) is 6. The Bertz CT molecular complexity index is 1410. The number of aromatic nitrogens is 4. The van der Waals surface area contributed by atoms with Gasteiger partial charge in [0, 0.05) is 37.2 Å². The molecule has 0 bridgehead atoms. The Morgan fingerprint density at radius 3 is 2.85 bits per heavy atom. The second-order valence-corrected chi connectivity index (χ2v) is 8.95. The van der Waals surface area contributed by atoms with Crippen LogP contribution in [-0.4, -0.2) is 64.5 Å². The highest BCUT2D eigenvalue weighted by Gasteiger charge is 2.25. The number of imidazole rings is 1. The van der Waals surface area contributed by atoms with Crippen LogP contribution in [0.25, 0.3) is 33.1 Å². The maximum atomic E-state index is 15.0. The summed E-state index contributed by atoms with van der Waals surface area (Å²) in [5.74, 6) is -0.331. The molecule has 1 aromatic carbocycles. The molecule has 0 spiro atoms. The Kier molecular flexibility index (Phi) is 6.05. The molecule has 0 amide bonds. The van der Waals surface area contributed by atoms with Crippen molar-refractivity contribution in [2.75, 3.05) is 40.5 Å². The molecule has 0 radical (unpaired) electrons. The van der Waals surface area contributed by atoms with Crippen molar-refractivity contribution in [1.82, 2.24) is 24.0 Å². The van der Waals surface area contributed by atoms with E-state index in [2.05, 4.69) is 14.9 Å². The molecular weight excluding hydrogens is 437 g/mol. The molecular formula is C25H28FN5O3. The van der Waals surface area contributed by atoms with Gasteiger partial charge < -0.3 is 14.4 Å². The zero-order valence-corrected chi connectivity index (χ0v) is 19.6. The van der Waals surface area contributed by atoms with Crippen LogP contribution in [0.3, 0.4) is 0 Å². The van der Waals surface area contributed by atoms with Crippen molar-refractivity contribution >= 4 is 21.9 Å². The third-order valence-corrected chi connectivity index (χ3v) is 6.32. The first-order chi connectivity index (χ1) is 16.4. The molecule has 3 aromatic heterocycles. The third kappa shape index (κ3) is 4.05. The summed E-state index contributed by atoms with van der Waals surface area (Å²) in [6, 6.07) is 8.89. The van der Waals surface area contributed by atoms with E-state index in [0.717, 1.165) is 41.3 Å². The van der Waals surface area contributed by atoms with Crippen LogP contribution in [0.4, 0.5) is 4.39 Å². The van der Waals surface area contributed by atoms with Gasteiger partial charge in [-0.25, -0.2) is 4.79 Å². The SMILES string of the molecule is CN(C)CCCOc1ccc(-c2ccc3ncc4c(c3c2)n([C@H]2CCOC2)c(=O)n4C)c(F)n1. The van der Waals surface area contributed by atoms with Crippen LogP contribution in [0.5, 0.6) is 5.88 Å². The van der Waals surface area contributed by atoms with E-state index in [-0.39, 0.29) is 17.6 Å². The molecule has 1 saturated heterocycles. The number of nitrogens with zero attached hydrogens (tertiary/aromatic N) is 5. The summed E-state index contributed by atoms with van der Waals surface area (Å²) in [5, 5.41) is 0.794. The first-order valence-electron chi connectivity index (χ1n) is 11.5. The van der Waals surface area contributed by atoms with E-state index in [4.69, 9.17) is 9.47 Å². The van der Waals surface area contributed by atoms with Gasteiger partial charge in [0.15, 0.2) is 0 Å². The summed E-state index contributed by atoms with van der Waals surface area (Å²) in [7, 11) is 5.74. The van der Waals surface area contributed by atoms with Gasteiger partial charge in [0.1, 0.15) is 0 Å². The third-order valence-electron chi connectivity index (χ3n) is 6.32. The summed E-state index contributed by atoms with van der Waals surface area (Å²) >= 11 is 0. The van der Waals surface area contributed by atoms with E-state index in [1.807, 2.05) is 32.3 Å². The van der Waals surface area contributed by atoms with Gasteiger partial charge in [-0.3, -0.25) is 14.1 Å². The molecule has 0 aliphatic carbocycles. The standard InChI is InChI=1S/C25H28FN5O3/c1-29(2)10-4-11-34-22-8-6-18(24(26)28-22)16-5-7-20-19(13-16)23-21(14-27-20)30(3)25(32)31(23)17-9-12-33-15-17/h5-8,13-14,17H,4,9-12,15H2,1-3H3/t17-/m0/s1. The van der Waals surface area contributed by atoms with E-state index >= 15 is 0 Å². The summed E-state index contributed by atoms with van der Waals surface area (Å²) in [6.45, 7) is 2.48. The van der Waals surface area contributed by atoms with Gasteiger partial charge in [-0.15, -0.1) is 0 Å². The number of rotatable bonds is 7. The highest BCUT2D eigenvalue weighted by Crippen LogP contribution is 2.32. The lowest BCUT2D eigenvalue weighted by Crippen LogP contribution is -2.26. The highest BCUT2D eigenvalue weighted by atomic mass is 19.1. The molecule has 4 heterocycles. The maximum absolute atomic E-state index is 15.0. The number of benzene rings is 1. The Morgan fingerprint density at radius 1 is 1.26 bits per heavy atom. The minimum atomic E-state index is -0.598. The number of pyridine rings is 2. The summed E-state index contributed by atoms with van der Waals surface area (Å²) in [5.41, 5.74) is 3.20. The molecule has 9 heteroatoms. The molecule has 1 aliphatic rings. The second kappa shape index (κ2) is 9.15. The van der Waals surface area contributed by atoms with Crippen LogP contribution >= 0.6 is 0 Å². The molecule has 1 fully saturated rings. The average molecular weight is 466 g/mol. The maximum Gasteiger partial charge on any atom is 0.329 e. The minimum Gasteiger partial charge on any atom is -0.478 e. The van der Waals surface area contributed by atoms with Crippen molar-refractivity contribution in [3.8, 4) is 17.0 Å². The summed E-state index contributed by atoms with van der Waals surface area (Å²) < 4.78 is 29.5. The van der Waals surface area contributed by atoms with Gasteiger partial charge in [-0.05, 0) is 50.7 Å². The fourth-order valence-corrected chi connectivity index (χ4v) is 4.53. The van der Waals surface area contributed by atoms with Crippen LogP contribution in [0.1, 0.15) is 18.9 Å². The topological polar surface area (TPSA) is 74.4 Å². The average Bonchev–Trinajstić information content (AvgIpc) is 3.43. The first kappa shape index (κ1) is 22.5. The van der Waals surface area contributed by atoms with Crippen molar-refractivity contribution < 1.29 is 13.9 Å². The molecule has 5 rings (SSSR count). The van der Waals surface area contributed by atoms with Crippen LogP contribution < -0.4 is 10.4 Å². The molecule has 178 valence electrons. The molecule has 4 aromatic rings. The van der Waals surface area contributed by atoms with Crippen molar-refractivity contribution in [2.24, 2.45) is 7.05 Å². The summed E-state index contributed by atoms with van der Waals surface area (Å²) in [4.78, 5) is 23.7. The van der Waals surface area contributed by atoms with E-state index in [1.165, 1.54) is 0 Å². The van der Waals surface area contributed by atoms with E-state index in [0.29, 0.717) is 30.9 Å². The predicted molar refractivity (Wildman–Crippen MR) is 129 cm³/mol. The highest BCUT2D eigenvalue weighted by molar-refractivity contribution is 6.04. The monoisotopic (exact) mass is 465 g/mol. The van der Waals surface area contributed by atoms with E-state index in [1.54, 1.807) is 34.5 Å². The van der Waals surface area contributed by atoms with E-state index in [9.17, 15) is 9.18 Å². The number of aryl methyl sites for hydroxylation is 1. The van der Waals surface area contributed by atoms with Crippen molar-refractivity contribution in [3.05, 3.63) is 53.0 Å². The predicted octanol–water partition coefficient (Wildman–Crippen LogP) is 3.38. The van der Waals surface area contributed by atoms with Crippen molar-refractivity contribution in [2.45, 2.75) is 18.9 Å². The molecule has 0 saturated carbocycles. The van der Waals surface area contributed by atoms with Gasteiger partial charge in [-0.2, -0.15) is 9.37 Å². The van der Waals surface area contributed by atoms with Gasteiger partial charge in [0.05, 0.1) is 42.0 Å². The van der Waals surface area contributed by atoms with Gasteiger partial charge in [-0.1, -0.05) is 6.07 Å². The Labute approximate surface area is 196 Å². The Balaban J connectivity index is 1.54. The number of ether oxygens (including phenoxy) is 2. The molecule has 1 atom stereocenters. The smallest absolute Gasteiger partial charge is 0.329 e. The van der Waals surface area contributed by atoms with Gasteiger partial charge in [0.2, 0.25) is 11.8 Å². The second-order valence-electron chi connectivity index (χ2n) is 8.95. The number of halogens is 1. The normalized spacial score (nSPS) is 16.2. The molecule has 8 nitrogen and oxygen atoms in total. The number of fused-ring (bicyclic) bond motifs is 3. The van der Waals surface area contributed by atoms with E-state index < -0.39 is 5.95 Å². The quantitative estimate of drug-likeness (QED) is 0.308. The van der Waals surface area contributed by atoms with Crippen LogP contribution in [0.15, 0.2) is 41.3 Å². The molecule has 0 unspecified atom stereocenters. The largest absolute Gasteiger partial charge is 0.478 e. The Morgan fingerprint density at radius 2 is 2.12 bits per heavy atom. The van der Waals surface area contributed by atoms with Crippen LogP contribution in [0.2, 0.25) is 0 Å². The fraction of sp³-hybridized carbons (Fsp3) is 0.400. The summed E-state index contributed by atoms with van der Waals surface area (Å²) in [6.07, 6.45) is 3.32. The molecule has 1 aliphatic heterocycles. The first-order valence-corrected chi connectivity index (χ1v) is 11.5. The lowest BCUT2D eigenvalue weighted by molar-refractivity contribution is 0.186. The molecule has 0 N–H and O–H groups in total. The van der Waals surface area contributed by atoms with Crippen molar-refractivity contribution in [1.29, 1.82) is 0 Å². The molecule has 34 heavy (non-hydrogen) atoms. The minimum absolute atomic E-state index is 0.0345. The lowest BCUT2D eigenvalue weighted by Gasteiger charge is -2.12. The zero-order chi connectivity index (χ0) is 23.8.